The van der Waals surface area contributed by atoms with Crippen LogP contribution in [0.1, 0.15) is 45.2 Å². The fraction of sp³-hybridized carbons (Fsp3) is 0.700. The molecule has 1 aromatic carbocycles. The van der Waals surface area contributed by atoms with Crippen molar-refractivity contribution in [2.75, 3.05) is 13.7 Å². The molecule has 12 nitrogen and oxygen atoms in total. The monoisotopic (exact) mass is 588 g/mol. The molecule has 0 aromatic heterocycles. The number of carbonyl (C=O) groups is 3. The van der Waals surface area contributed by atoms with Gasteiger partial charge in [-0.25, -0.2) is 19.4 Å². The van der Waals surface area contributed by atoms with E-state index in [-0.39, 0.29) is 13.0 Å². The summed E-state index contributed by atoms with van der Waals surface area (Å²) in [4.78, 5) is 49.8. The molecule has 6 aliphatic rings. The summed E-state index contributed by atoms with van der Waals surface area (Å²) in [5.74, 6) is -3.98. The fourth-order valence-electron chi connectivity index (χ4n) is 9.52. The molecule has 0 amide bonds. The van der Waals surface area contributed by atoms with E-state index < -0.39 is 87.9 Å². The van der Waals surface area contributed by atoms with Crippen molar-refractivity contribution in [2.24, 2.45) is 28.1 Å². The van der Waals surface area contributed by atoms with Crippen LogP contribution in [-0.2, 0) is 60.9 Å². The molecular weight excluding hydrogens is 552 g/mol. The van der Waals surface area contributed by atoms with Gasteiger partial charge in [0.25, 0.3) is 0 Å². The number of benzene rings is 1. The molecule has 4 aliphatic heterocycles. The van der Waals surface area contributed by atoms with Crippen LogP contribution in [0.3, 0.4) is 0 Å². The van der Waals surface area contributed by atoms with E-state index >= 15 is 0 Å². The third-order valence-corrected chi connectivity index (χ3v) is 11.0. The van der Waals surface area contributed by atoms with Gasteiger partial charge in [-0.2, -0.15) is 0 Å². The number of esters is 3. The van der Waals surface area contributed by atoms with Gasteiger partial charge in [0, 0.05) is 0 Å². The van der Waals surface area contributed by atoms with Crippen molar-refractivity contribution in [3.8, 4) is 0 Å². The standard InChI is InChI=1S/C30H36O12/c1-14-22(32)40-20-19(31)28-18-12-17(26(2,3)4)27(28)21(37-13-16-8-6-15(7-9-16)10-11-38-36-5)23(33)41-25(27)42-30(28,24(34)39-18)29(14,20)35/h6-9,14,17-21,25,31,35H,10-13H2,1-5H3/t14-,17+,18?,19+,20?,21+,25?,27?,28?,29-,30?/m1/s1. The van der Waals surface area contributed by atoms with Gasteiger partial charge >= 0.3 is 17.9 Å². The van der Waals surface area contributed by atoms with Crippen LogP contribution in [0.4, 0.5) is 0 Å². The smallest absolute Gasteiger partial charge is 0.343 e. The summed E-state index contributed by atoms with van der Waals surface area (Å²) in [5, 5.41) is 24.4. The number of hydrogen-bond donors (Lipinski definition) is 2. The lowest BCUT2D eigenvalue weighted by atomic mass is 9.51. The Bertz CT molecular complexity index is 1340. The summed E-state index contributed by atoms with van der Waals surface area (Å²) in [5.41, 5.74) is -6.29. The van der Waals surface area contributed by atoms with Gasteiger partial charge in [0.15, 0.2) is 17.8 Å². The molecule has 1 aromatic rings. The van der Waals surface area contributed by atoms with Crippen LogP contribution in [0.5, 0.6) is 0 Å². The van der Waals surface area contributed by atoms with Crippen LogP contribution in [0.15, 0.2) is 24.3 Å². The number of aliphatic hydroxyl groups is 2. The number of fused-ring (bicyclic) bond motifs is 1. The minimum absolute atomic E-state index is 0.0255. The van der Waals surface area contributed by atoms with E-state index in [1.807, 2.05) is 45.0 Å². The number of carbonyl (C=O) groups excluding carboxylic acids is 3. The maximum atomic E-state index is 13.9. The predicted molar refractivity (Wildman–Crippen MR) is 138 cm³/mol. The molecular formula is C30H36O12. The first-order valence-electron chi connectivity index (χ1n) is 14.4. The van der Waals surface area contributed by atoms with E-state index in [9.17, 15) is 24.6 Å². The number of aliphatic hydroxyl groups excluding tert-OH is 1. The largest absolute Gasteiger partial charge is 0.459 e. The molecule has 0 bridgehead atoms. The van der Waals surface area contributed by atoms with Crippen molar-refractivity contribution >= 4 is 17.9 Å². The lowest BCUT2D eigenvalue weighted by Gasteiger charge is -2.48. The Morgan fingerprint density at radius 1 is 1.02 bits per heavy atom. The van der Waals surface area contributed by atoms with Gasteiger partial charge in [-0.1, -0.05) is 45.0 Å². The summed E-state index contributed by atoms with van der Waals surface area (Å²) in [6, 6.07) is 7.61. The average Bonchev–Trinajstić information content (AvgIpc) is 3.65. The molecule has 7 rings (SSSR count). The van der Waals surface area contributed by atoms with Gasteiger partial charge in [-0.15, -0.1) is 0 Å². The highest BCUT2D eigenvalue weighted by Crippen LogP contribution is 2.84. The van der Waals surface area contributed by atoms with Crippen molar-refractivity contribution < 1.29 is 58.1 Å². The Labute approximate surface area is 242 Å². The first kappa shape index (κ1) is 28.2. The molecule has 42 heavy (non-hydrogen) atoms. The van der Waals surface area contributed by atoms with E-state index in [0.717, 1.165) is 11.1 Å². The second kappa shape index (κ2) is 8.73. The molecule has 11 atom stereocenters. The maximum absolute atomic E-state index is 13.9. The highest BCUT2D eigenvalue weighted by atomic mass is 17.2. The van der Waals surface area contributed by atoms with Crippen LogP contribution >= 0.6 is 0 Å². The minimum Gasteiger partial charge on any atom is -0.459 e. The lowest BCUT2D eigenvalue weighted by Crippen LogP contribution is -2.67. The summed E-state index contributed by atoms with van der Waals surface area (Å²) >= 11 is 0. The van der Waals surface area contributed by atoms with Gasteiger partial charge < -0.3 is 33.9 Å². The third kappa shape index (κ3) is 2.87. The Morgan fingerprint density at radius 2 is 1.71 bits per heavy atom. The molecule has 4 heterocycles. The van der Waals surface area contributed by atoms with Crippen LogP contribution in [0, 0.1) is 28.1 Å². The van der Waals surface area contributed by atoms with Crippen LogP contribution < -0.4 is 0 Å². The van der Waals surface area contributed by atoms with E-state index in [1.165, 1.54) is 14.0 Å². The Balaban J connectivity index is 1.33. The molecule has 4 saturated heterocycles. The summed E-state index contributed by atoms with van der Waals surface area (Å²) in [7, 11) is 1.45. The minimum atomic E-state index is -2.25. The van der Waals surface area contributed by atoms with Gasteiger partial charge in [0.05, 0.1) is 37.1 Å². The second-order valence-electron chi connectivity index (χ2n) is 13.5. The SMILES string of the molecule is COOCCc1ccc(CO[C@H]2C(=O)OC3OC45C(=O)OC6C[C@@H](C(C)(C)C)C32C64[C@@H](O)C2OC(=O)[C@@H](C)[C@@]25O)cc1. The molecule has 6 unspecified atom stereocenters. The molecule has 2 saturated carbocycles. The molecule has 2 spiro atoms. The third-order valence-electron chi connectivity index (χ3n) is 11.0. The maximum Gasteiger partial charge on any atom is 0.343 e. The summed E-state index contributed by atoms with van der Waals surface area (Å²) in [6.45, 7) is 7.84. The zero-order valence-corrected chi connectivity index (χ0v) is 24.2. The lowest BCUT2D eigenvalue weighted by molar-refractivity contribution is -0.271. The van der Waals surface area contributed by atoms with Gasteiger partial charge in [0.2, 0.25) is 11.9 Å². The first-order chi connectivity index (χ1) is 19.8. The van der Waals surface area contributed by atoms with Crippen molar-refractivity contribution in [3.63, 3.8) is 0 Å². The van der Waals surface area contributed by atoms with Gasteiger partial charge in [0.1, 0.15) is 12.2 Å². The van der Waals surface area contributed by atoms with E-state index in [1.54, 1.807) is 0 Å². The van der Waals surface area contributed by atoms with Gasteiger partial charge in [-0.05, 0) is 42.2 Å². The highest BCUT2D eigenvalue weighted by molar-refractivity contribution is 5.94. The van der Waals surface area contributed by atoms with Crippen LogP contribution in [-0.4, -0.2) is 83.7 Å². The zero-order valence-electron chi connectivity index (χ0n) is 24.2. The quantitative estimate of drug-likeness (QED) is 0.153. The average molecular weight is 589 g/mol. The molecule has 6 fully saturated rings. The topological polar surface area (TPSA) is 156 Å². The Hall–Kier alpha value is -2.61. The molecule has 2 aliphatic carbocycles. The van der Waals surface area contributed by atoms with E-state index in [4.69, 9.17) is 28.6 Å². The van der Waals surface area contributed by atoms with Crippen molar-refractivity contribution in [2.45, 2.75) is 89.1 Å². The zero-order chi connectivity index (χ0) is 30.0. The molecule has 12 heteroatoms. The number of ether oxygens (including phenoxy) is 5. The highest BCUT2D eigenvalue weighted by Gasteiger charge is 3.04. The van der Waals surface area contributed by atoms with Crippen molar-refractivity contribution in [3.05, 3.63) is 35.4 Å². The van der Waals surface area contributed by atoms with Crippen LogP contribution in [0.2, 0.25) is 0 Å². The Morgan fingerprint density at radius 3 is 2.38 bits per heavy atom. The number of rotatable bonds is 7. The molecule has 228 valence electrons. The Kier molecular flexibility index (Phi) is 5.86. The van der Waals surface area contributed by atoms with E-state index in [2.05, 4.69) is 4.89 Å². The normalized spacial score (nSPS) is 46.3. The summed E-state index contributed by atoms with van der Waals surface area (Å²) in [6.07, 6.45) is -5.69. The van der Waals surface area contributed by atoms with Crippen molar-refractivity contribution in [1.82, 2.24) is 0 Å². The first-order valence-corrected chi connectivity index (χ1v) is 14.4. The van der Waals surface area contributed by atoms with Gasteiger partial charge in [-0.3, -0.25) is 4.79 Å². The fourth-order valence-corrected chi connectivity index (χ4v) is 9.52. The second-order valence-corrected chi connectivity index (χ2v) is 13.5. The molecule has 0 radical (unpaired) electrons. The van der Waals surface area contributed by atoms with Crippen LogP contribution in [0.25, 0.3) is 0 Å². The number of hydrogen-bond acceptors (Lipinski definition) is 12. The van der Waals surface area contributed by atoms with E-state index in [0.29, 0.717) is 13.0 Å². The predicted octanol–water partition coefficient (Wildman–Crippen LogP) is 0.976. The van der Waals surface area contributed by atoms with Crippen molar-refractivity contribution in [1.29, 1.82) is 0 Å². The summed E-state index contributed by atoms with van der Waals surface area (Å²) < 4.78 is 30.2. The molecule has 2 N–H and O–H groups in total.